The highest BCUT2D eigenvalue weighted by molar-refractivity contribution is 5.82. The summed E-state index contributed by atoms with van der Waals surface area (Å²) in [5, 5.41) is 9.62. The van der Waals surface area contributed by atoms with Crippen molar-refractivity contribution >= 4 is 11.9 Å². The first kappa shape index (κ1) is 23.9. The number of amides is 1. The van der Waals surface area contributed by atoms with Gasteiger partial charge in [-0.15, -0.1) is 0 Å². The van der Waals surface area contributed by atoms with Gasteiger partial charge in [-0.3, -0.25) is 14.7 Å². The number of aliphatic imine (C=N–C) groups is 1. The Hall–Kier alpha value is -2.35. The summed E-state index contributed by atoms with van der Waals surface area (Å²) in [5.74, 6) is 0.741. The van der Waals surface area contributed by atoms with E-state index in [2.05, 4.69) is 25.8 Å². The van der Waals surface area contributed by atoms with Crippen LogP contribution in [0.4, 0.5) is 4.39 Å². The normalized spacial score (nSPS) is 16.3. The van der Waals surface area contributed by atoms with Crippen LogP contribution in [0.15, 0.2) is 23.2 Å². The minimum Gasteiger partial charge on any atom is -0.494 e. The third kappa shape index (κ3) is 7.48. The first-order valence-electron chi connectivity index (χ1n) is 10.5. The molecule has 1 heterocycles. The van der Waals surface area contributed by atoms with E-state index in [0.717, 1.165) is 44.0 Å². The molecule has 0 aromatic heterocycles. The Bertz CT molecular complexity index is 725. The van der Waals surface area contributed by atoms with Gasteiger partial charge in [0.05, 0.1) is 7.11 Å². The zero-order chi connectivity index (χ0) is 22.1. The van der Waals surface area contributed by atoms with E-state index >= 15 is 0 Å². The first-order chi connectivity index (χ1) is 14.2. The quantitative estimate of drug-likeness (QED) is 0.357. The lowest BCUT2D eigenvalue weighted by molar-refractivity contribution is -0.128. The molecule has 0 atom stereocenters. The van der Waals surface area contributed by atoms with Crippen molar-refractivity contribution < 1.29 is 13.9 Å². The maximum atomic E-state index is 13.9. The summed E-state index contributed by atoms with van der Waals surface area (Å²) < 4.78 is 18.9. The fraction of sp³-hybridized carbons (Fsp3) is 0.636. The van der Waals surface area contributed by atoms with E-state index in [1.807, 2.05) is 26.8 Å². The van der Waals surface area contributed by atoms with Crippen LogP contribution in [0.2, 0.25) is 0 Å². The van der Waals surface area contributed by atoms with Gasteiger partial charge in [0.15, 0.2) is 17.5 Å². The van der Waals surface area contributed by atoms with Gasteiger partial charge in [0.25, 0.3) is 0 Å². The number of guanidine groups is 1. The van der Waals surface area contributed by atoms with Gasteiger partial charge in [-0.1, -0.05) is 26.8 Å². The SMILES string of the molecule is CN=C(NCCNC(=O)C(C)(C)C)NC1CCN(Cc2ccc(OC)c(F)c2)CC1. The highest BCUT2D eigenvalue weighted by atomic mass is 19.1. The van der Waals surface area contributed by atoms with E-state index in [0.29, 0.717) is 19.1 Å². The number of carbonyl (C=O) groups excluding carboxylic acids is 1. The molecule has 0 aliphatic carbocycles. The lowest BCUT2D eigenvalue weighted by Gasteiger charge is -2.33. The third-order valence-corrected chi connectivity index (χ3v) is 5.16. The molecule has 30 heavy (non-hydrogen) atoms. The lowest BCUT2D eigenvalue weighted by atomic mass is 9.96. The number of halogens is 1. The van der Waals surface area contributed by atoms with Crippen molar-refractivity contribution in [1.29, 1.82) is 0 Å². The second-order valence-electron chi connectivity index (χ2n) is 8.67. The average molecular weight is 422 g/mol. The number of rotatable bonds is 7. The van der Waals surface area contributed by atoms with Crippen molar-refractivity contribution in [3.63, 3.8) is 0 Å². The number of hydrogen-bond acceptors (Lipinski definition) is 4. The Kier molecular flexibility index (Phi) is 8.89. The minimum absolute atomic E-state index is 0.0383. The predicted octanol–water partition coefficient (Wildman–Crippen LogP) is 2.13. The summed E-state index contributed by atoms with van der Waals surface area (Å²) in [7, 11) is 3.22. The van der Waals surface area contributed by atoms with Crippen LogP contribution in [0.25, 0.3) is 0 Å². The second kappa shape index (κ2) is 11.2. The molecule has 0 radical (unpaired) electrons. The Balaban J connectivity index is 1.70. The molecule has 0 spiro atoms. The van der Waals surface area contributed by atoms with Crippen LogP contribution < -0.4 is 20.7 Å². The highest BCUT2D eigenvalue weighted by Gasteiger charge is 2.21. The summed E-state index contributed by atoms with van der Waals surface area (Å²) in [6.45, 7) is 9.45. The summed E-state index contributed by atoms with van der Waals surface area (Å²) in [6, 6.07) is 5.48. The summed E-state index contributed by atoms with van der Waals surface area (Å²) in [6.07, 6.45) is 1.97. The topological polar surface area (TPSA) is 78.0 Å². The lowest BCUT2D eigenvalue weighted by Crippen LogP contribution is -2.49. The second-order valence-corrected chi connectivity index (χ2v) is 8.67. The van der Waals surface area contributed by atoms with Crippen molar-refractivity contribution in [3.05, 3.63) is 29.6 Å². The average Bonchev–Trinajstić information content (AvgIpc) is 2.70. The smallest absolute Gasteiger partial charge is 0.225 e. The fourth-order valence-corrected chi connectivity index (χ4v) is 3.31. The van der Waals surface area contributed by atoms with Gasteiger partial charge in [-0.25, -0.2) is 4.39 Å². The third-order valence-electron chi connectivity index (χ3n) is 5.16. The summed E-state index contributed by atoms with van der Waals surface area (Å²) >= 11 is 0. The molecule has 8 heteroatoms. The monoisotopic (exact) mass is 421 g/mol. The van der Waals surface area contributed by atoms with E-state index in [9.17, 15) is 9.18 Å². The largest absolute Gasteiger partial charge is 0.494 e. The molecule has 0 unspecified atom stereocenters. The van der Waals surface area contributed by atoms with E-state index in [1.165, 1.54) is 7.11 Å². The molecule has 1 saturated heterocycles. The van der Waals surface area contributed by atoms with Crippen LogP contribution in [-0.2, 0) is 11.3 Å². The van der Waals surface area contributed by atoms with Crippen LogP contribution in [0.3, 0.4) is 0 Å². The molecule has 1 aliphatic heterocycles. The summed E-state index contributed by atoms with van der Waals surface area (Å²) in [4.78, 5) is 18.5. The molecular formula is C22H36FN5O2. The molecule has 168 valence electrons. The van der Waals surface area contributed by atoms with Crippen LogP contribution in [0.1, 0.15) is 39.2 Å². The van der Waals surface area contributed by atoms with E-state index in [-0.39, 0.29) is 22.9 Å². The predicted molar refractivity (Wildman–Crippen MR) is 118 cm³/mol. The van der Waals surface area contributed by atoms with Crippen LogP contribution >= 0.6 is 0 Å². The van der Waals surface area contributed by atoms with E-state index < -0.39 is 0 Å². The molecular weight excluding hydrogens is 385 g/mol. The molecule has 1 aliphatic rings. The van der Waals surface area contributed by atoms with Crippen molar-refractivity contribution in [3.8, 4) is 5.75 Å². The summed E-state index contributed by atoms with van der Waals surface area (Å²) in [5.41, 5.74) is 0.570. The Morgan fingerprint density at radius 3 is 2.47 bits per heavy atom. The molecule has 0 bridgehead atoms. The van der Waals surface area contributed by atoms with Gasteiger partial charge >= 0.3 is 0 Å². The van der Waals surface area contributed by atoms with Crippen molar-refractivity contribution in [2.75, 3.05) is 40.3 Å². The number of hydrogen-bond donors (Lipinski definition) is 3. The van der Waals surface area contributed by atoms with E-state index in [1.54, 1.807) is 19.2 Å². The molecule has 3 N–H and O–H groups in total. The van der Waals surface area contributed by atoms with Gasteiger partial charge < -0.3 is 20.7 Å². The maximum Gasteiger partial charge on any atom is 0.225 e. The number of nitrogens with one attached hydrogen (secondary N) is 3. The number of ether oxygens (including phenoxy) is 1. The number of benzene rings is 1. The van der Waals surface area contributed by atoms with Gasteiger partial charge in [-0.2, -0.15) is 0 Å². The van der Waals surface area contributed by atoms with Gasteiger partial charge in [0, 0.05) is 51.2 Å². The fourth-order valence-electron chi connectivity index (χ4n) is 3.31. The number of nitrogens with zero attached hydrogens (tertiary/aromatic N) is 2. The van der Waals surface area contributed by atoms with Crippen LogP contribution in [-0.4, -0.2) is 63.1 Å². The number of carbonyl (C=O) groups is 1. The number of piperidine rings is 1. The van der Waals surface area contributed by atoms with Crippen molar-refractivity contribution in [2.45, 2.75) is 46.2 Å². The first-order valence-corrected chi connectivity index (χ1v) is 10.5. The molecule has 7 nitrogen and oxygen atoms in total. The standard InChI is InChI=1S/C22H36FN5O2/c1-22(2,3)20(29)25-10-11-26-21(24-4)27-17-8-12-28(13-9-17)15-16-6-7-19(30-5)18(23)14-16/h6-7,14,17H,8-13,15H2,1-5H3,(H,25,29)(H2,24,26,27). The van der Waals surface area contributed by atoms with Gasteiger partial charge in [-0.05, 0) is 30.5 Å². The minimum atomic E-state index is -0.383. The van der Waals surface area contributed by atoms with Crippen molar-refractivity contribution in [2.24, 2.45) is 10.4 Å². The molecule has 2 rings (SSSR count). The Morgan fingerprint density at radius 1 is 1.23 bits per heavy atom. The Labute approximate surface area is 179 Å². The van der Waals surface area contributed by atoms with Gasteiger partial charge in [0.1, 0.15) is 0 Å². The van der Waals surface area contributed by atoms with E-state index in [4.69, 9.17) is 4.74 Å². The van der Waals surface area contributed by atoms with Gasteiger partial charge in [0.2, 0.25) is 5.91 Å². The maximum absolute atomic E-state index is 13.9. The number of likely N-dealkylation sites (tertiary alicyclic amines) is 1. The molecule has 1 aromatic carbocycles. The van der Waals surface area contributed by atoms with Crippen LogP contribution in [0.5, 0.6) is 5.75 Å². The zero-order valence-corrected chi connectivity index (χ0v) is 18.8. The zero-order valence-electron chi connectivity index (χ0n) is 18.8. The van der Waals surface area contributed by atoms with Crippen molar-refractivity contribution in [1.82, 2.24) is 20.9 Å². The number of methoxy groups -OCH3 is 1. The molecule has 1 aromatic rings. The highest BCUT2D eigenvalue weighted by Crippen LogP contribution is 2.20. The molecule has 0 saturated carbocycles. The molecule has 1 fully saturated rings. The Morgan fingerprint density at radius 2 is 1.90 bits per heavy atom. The molecule has 1 amide bonds. The van der Waals surface area contributed by atoms with Crippen LogP contribution in [0, 0.1) is 11.2 Å².